The van der Waals surface area contributed by atoms with Crippen molar-refractivity contribution in [1.82, 2.24) is 0 Å². The molecule has 0 aliphatic carbocycles. The van der Waals surface area contributed by atoms with Gasteiger partial charge in [-0.25, -0.2) is 8.78 Å². The van der Waals surface area contributed by atoms with Gasteiger partial charge in [0.25, 0.3) is 0 Å². The summed E-state index contributed by atoms with van der Waals surface area (Å²) < 4.78 is 32.4. The van der Waals surface area contributed by atoms with Crippen molar-refractivity contribution in [3.63, 3.8) is 0 Å². The van der Waals surface area contributed by atoms with Gasteiger partial charge in [0.05, 0.1) is 6.26 Å². The Morgan fingerprint density at radius 2 is 1.88 bits per heavy atom. The first kappa shape index (κ1) is 12.3. The molecule has 1 atom stereocenters. The quantitative estimate of drug-likeness (QED) is 0.941. The van der Waals surface area contributed by atoms with Crippen LogP contribution in [-0.4, -0.2) is 0 Å². The SMILES string of the molecule is NC(Cc1c(F)cccc1F)c1ccoc1Br. The monoisotopic (exact) mass is 301 g/mol. The Labute approximate surface area is 106 Å². The Bertz CT molecular complexity index is 507. The number of rotatable bonds is 3. The lowest BCUT2D eigenvalue weighted by Gasteiger charge is -2.11. The van der Waals surface area contributed by atoms with Gasteiger partial charge in [0.15, 0.2) is 4.67 Å². The van der Waals surface area contributed by atoms with Crippen LogP contribution in [0.3, 0.4) is 0 Å². The van der Waals surface area contributed by atoms with E-state index in [2.05, 4.69) is 15.9 Å². The first-order valence-electron chi connectivity index (χ1n) is 5.01. The lowest BCUT2D eigenvalue weighted by molar-refractivity contribution is 0.520. The lowest BCUT2D eigenvalue weighted by Crippen LogP contribution is -2.15. The van der Waals surface area contributed by atoms with E-state index in [1.807, 2.05) is 0 Å². The van der Waals surface area contributed by atoms with E-state index < -0.39 is 17.7 Å². The highest BCUT2D eigenvalue weighted by atomic mass is 79.9. The van der Waals surface area contributed by atoms with Gasteiger partial charge in [-0.2, -0.15) is 0 Å². The first-order valence-corrected chi connectivity index (χ1v) is 5.80. The fourth-order valence-electron chi connectivity index (χ4n) is 1.63. The summed E-state index contributed by atoms with van der Waals surface area (Å²) in [4.78, 5) is 0. The van der Waals surface area contributed by atoms with Crippen molar-refractivity contribution >= 4 is 15.9 Å². The van der Waals surface area contributed by atoms with E-state index in [-0.39, 0.29) is 12.0 Å². The van der Waals surface area contributed by atoms with Gasteiger partial charge in [-0.15, -0.1) is 0 Å². The molecular formula is C12H10BrF2NO. The van der Waals surface area contributed by atoms with Crippen LogP contribution in [0.4, 0.5) is 8.78 Å². The summed E-state index contributed by atoms with van der Waals surface area (Å²) in [5.41, 5.74) is 6.57. The maximum Gasteiger partial charge on any atom is 0.173 e. The van der Waals surface area contributed by atoms with Gasteiger partial charge in [-0.3, -0.25) is 0 Å². The van der Waals surface area contributed by atoms with Crippen molar-refractivity contribution in [2.75, 3.05) is 0 Å². The van der Waals surface area contributed by atoms with Crippen LogP contribution < -0.4 is 5.73 Å². The van der Waals surface area contributed by atoms with Gasteiger partial charge in [-0.1, -0.05) is 6.07 Å². The molecule has 0 saturated heterocycles. The highest BCUT2D eigenvalue weighted by Gasteiger charge is 2.17. The smallest absolute Gasteiger partial charge is 0.173 e. The second-order valence-electron chi connectivity index (χ2n) is 3.66. The summed E-state index contributed by atoms with van der Waals surface area (Å²) in [6.07, 6.45) is 1.55. The van der Waals surface area contributed by atoms with Crippen molar-refractivity contribution in [1.29, 1.82) is 0 Å². The molecule has 0 amide bonds. The Balaban J connectivity index is 2.25. The third-order valence-corrected chi connectivity index (χ3v) is 3.18. The average Bonchev–Trinajstić information content (AvgIpc) is 2.70. The Morgan fingerprint density at radius 1 is 1.24 bits per heavy atom. The summed E-state index contributed by atoms with van der Waals surface area (Å²) in [7, 11) is 0. The topological polar surface area (TPSA) is 39.2 Å². The standard InChI is InChI=1S/C12H10BrF2NO/c13-12-7(4-5-17-12)11(16)6-8-9(14)2-1-3-10(8)15/h1-5,11H,6,16H2. The van der Waals surface area contributed by atoms with Gasteiger partial charge in [0.1, 0.15) is 11.6 Å². The highest BCUT2D eigenvalue weighted by Crippen LogP contribution is 2.26. The maximum absolute atomic E-state index is 13.4. The van der Waals surface area contributed by atoms with E-state index in [0.29, 0.717) is 10.2 Å². The molecule has 0 aliphatic rings. The number of hydrogen-bond donors (Lipinski definition) is 1. The Kier molecular flexibility index (Phi) is 3.59. The molecule has 2 rings (SSSR count). The largest absolute Gasteiger partial charge is 0.457 e. The predicted molar refractivity (Wildman–Crippen MR) is 63.4 cm³/mol. The molecule has 1 heterocycles. The second-order valence-corrected chi connectivity index (χ2v) is 4.38. The lowest BCUT2D eigenvalue weighted by atomic mass is 10.0. The molecule has 1 unspecified atom stereocenters. The zero-order chi connectivity index (χ0) is 12.4. The Hall–Kier alpha value is -1.20. The number of furan rings is 1. The molecule has 1 aromatic heterocycles. The third-order valence-electron chi connectivity index (χ3n) is 2.53. The highest BCUT2D eigenvalue weighted by molar-refractivity contribution is 9.10. The van der Waals surface area contributed by atoms with Gasteiger partial charge in [-0.05, 0) is 40.5 Å². The van der Waals surface area contributed by atoms with Crippen LogP contribution in [0.15, 0.2) is 39.6 Å². The van der Waals surface area contributed by atoms with Crippen molar-refractivity contribution in [2.45, 2.75) is 12.5 Å². The molecule has 5 heteroatoms. The molecular weight excluding hydrogens is 292 g/mol. The summed E-state index contributed by atoms with van der Waals surface area (Å²) in [5.74, 6) is -1.17. The summed E-state index contributed by atoms with van der Waals surface area (Å²) >= 11 is 3.18. The number of benzene rings is 1. The Morgan fingerprint density at radius 3 is 2.41 bits per heavy atom. The number of hydrogen-bond acceptors (Lipinski definition) is 2. The van der Waals surface area contributed by atoms with E-state index in [4.69, 9.17) is 10.2 Å². The molecule has 0 bridgehead atoms. The summed E-state index contributed by atoms with van der Waals surface area (Å²) in [5, 5.41) is 0. The van der Waals surface area contributed by atoms with E-state index in [1.165, 1.54) is 24.5 Å². The molecule has 17 heavy (non-hydrogen) atoms. The molecule has 0 radical (unpaired) electrons. The normalized spacial score (nSPS) is 12.7. The maximum atomic E-state index is 13.4. The molecule has 2 nitrogen and oxygen atoms in total. The molecule has 0 fully saturated rings. The predicted octanol–water partition coefficient (Wildman–Crippen LogP) is 3.56. The molecule has 90 valence electrons. The fraction of sp³-hybridized carbons (Fsp3) is 0.167. The summed E-state index contributed by atoms with van der Waals surface area (Å²) in [6.45, 7) is 0. The molecule has 2 N–H and O–H groups in total. The van der Waals surface area contributed by atoms with Crippen molar-refractivity contribution < 1.29 is 13.2 Å². The number of nitrogens with two attached hydrogens (primary N) is 1. The van der Waals surface area contributed by atoms with E-state index in [0.717, 1.165) is 0 Å². The molecule has 2 aromatic rings. The van der Waals surface area contributed by atoms with E-state index in [9.17, 15) is 8.78 Å². The molecule has 0 saturated carbocycles. The van der Waals surface area contributed by atoms with Crippen LogP contribution in [0.2, 0.25) is 0 Å². The van der Waals surface area contributed by atoms with E-state index in [1.54, 1.807) is 6.07 Å². The van der Waals surface area contributed by atoms with Crippen molar-refractivity contribution in [3.05, 3.63) is 58.0 Å². The van der Waals surface area contributed by atoms with Crippen LogP contribution in [0.1, 0.15) is 17.2 Å². The van der Waals surface area contributed by atoms with Gasteiger partial charge >= 0.3 is 0 Å². The average molecular weight is 302 g/mol. The van der Waals surface area contributed by atoms with Crippen LogP contribution >= 0.6 is 15.9 Å². The van der Waals surface area contributed by atoms with Crippen LogP contribution in [0.25, 0.3) is 0 Å². The van der Waals surface area contributed by atoms with Crippen LogP contribution in [0.5, 0.6) is 0 Å². The van der Waals surface area contributed by atoms with Crippen LogP contribution in [-0.2, 0) is 6.42 Å². The van der Waals surface area contributed by atoms with Crippen LogP contribution in [0, 0.1) is 11.6 Å². The fourth-order valence-corrected chi connectivity index (χ4v) is 2.16. The van der Waals surface area contributed by atoms with Crippen molar-refractivity contribution in [3.8, 4) is 0 Å². The van der Waals surface area contributed by atoms with E-state index >= 15 is 0 Å². The summed E-state index contributed by atoms with van der Waals surface area (Å²) in [6, 6.07) is 4.92. The molecule has 0 aliphatic heterocycles. The minimum atomic E-state index is -0.583. The molecule has 0 spiro atoms. The zero-order valence-electron chi connectivity index (χ0n) is 8.79. The van der Waals surface area contributed by atoms with Crippen molar-refractivity contribution in [2.24, 2.45) is 5.73 Å². The zero-order valence-corrected chi connectivity index (χ0v) is 10.4. The van der Waals surface area contributed by atoms with Gasteiger partial charge < -0.3 is 10.2 Å². The number of halogens is 3. The third kappa shape index (κ3) is 2.56. The molecule has 1 aromatic carbocycles. The van der Waals surface area contributed by atoms with Gasteiger partial charge in [0, 0.05) is 17.2 Å². The second kappa shape index (κ2) is 4.98. The minimum absolute atomic E-state index is 0.00639. The minimum Gasteiger partial charge on any atom is -0.457 e. The van der Waals surface area contributed by atoms with Gasteiger partial charge in [0.2, 0.25) is 0 Å². The first-order chi connectivity index (χ1) is 8.09.